The number of hydrogen-bond donors (Lipinski definition) is 0. The molecule has 18 heavy (non-hydrogen) atoms. The van der Waals surface area contributed by atoms with Gasteiger partial charge in [0.05, 0.1) is 16.9 Å². The number of benzene rings is 1. The van der Waals surface area contributed by atoms with Crippen LogP contribution in [0.5, 0.6) is 0 Å². The third kappa shape index (κ3) is 1.63. The molecule has 2 aliphatic rings. The molecule has 0 aliphatic carbocycles. The highest BCUT2D eigenvalue weighted by Gasteiger charge is 2.52. The summed E-state index contributed by atoms with van der Waals surface area (Å²) in [6, 6.07) is 6.13. The quantitative estimate of drug-likeness (QED) is 0.708. The van der Waals surface area contributed by atoms with Gasteiger partial charge in [0, 0.05) is 12.6 Å². The Bertz CT molecular complexity index is 507. The fourth-order valence-electron chi connectivity index (χ4n) is 2.36. The molecule has 0 atom stereocenters. The molecule has 1 aromatic rings. The molecule has 1 aromatic carbocycles. The van der Waals surface area contributed by atoms with Crippen molar-refractivity contribution in [2.45, 2.75) is 45.3 Å². The molecule has 0 amide bonds. The van der Waals surface area contributed by atoms with E-state index in [2.05, 4.69) is 38.8 Å². The monoisotopic (exact) mass is 243 g/mol. The van der Waals surface area contributed by atoms with Crippen molar-refractivity contribution in [3.05, 3.63) is 23.8 Å². The van der Waals surface area contributed by atoms with Crippen LogP contribution in [-0.2, 0) is 15.7 Å². The second kappa shape index (κ2) is 3.68. The fourth-order valence-corrected chi connectivity index (χ4v) is 2.36. The van der Waals surface area contributed by atoms with Crippen LogP contribution < -0.4 is 5.46 Å². The third-order valence-corrected chi connectivity index (χ3v) is 4.22. The van der Waals surface area contributed by atoms with E-state index in [1.54, 1.807) is 0 Å². The molecule has 1 fully saturated rings. The molecule has 94 valence electrons. The highest BCUT2D eigenvalue weighted by molar-refractivity contribution is 6.63. The van der Waals surface area contributed by atoms with E-state index in [1.807, 2.05) is 18.3 Å². The van der Waals surface area contributed by atoms with Gasteiger partial charge in [0.15, 0.2) is 0 Å². The first kappa shape index (κ1) is 11.9. The molecule has 4 heteroatoms. The maximum absolute atomic E-state index is 6.10. The van der Waals surface area contributed by atoms with Crippen LogP contribution in [0.4, 0.5) is 5.69 Å². The minimum absolute atomic E-state index is 0.286. The Kier molecular flexibility index (Phi) is 2.44. The van der Waals surface area contributed by atoms with Crippen LogP contribution >= 0.6 is 0 Å². The number of hydrogen-bond acceptors (Lipinski definition) is 3. The van der Waals surface area contributed by atoms with E-state index in [0.29, 0.717) is 0 Å². The van der Waals surface area contributed by atoms with Gasteiger partial charge in [-0.1, -0.05) is 12.1 Å². The van der Waals surface area contributed by atoms with Crippen LogP contribution in [0.3, 0.4) is 0 Å². The van der Waals surface area contributed by atoms with Crippen molar-refractivity contribution in [2.75, 3.05) is 0 Å². The third-order valence-electron chi connectivity index (χ3n) is 4.22. The van der Waals surface area contributed by atoms with Crippen LogP contribution in [0.15, 0.2) is 23.2 Å². The zero-order chi connectivity index (χ0) is 13.0. The summed E-state index contributed by atoms with van der Waals surface area (Å²) in [5.74, 6) is 0. The van der Waals surface area contributed by atoms with Crippen molar-refractivity contribution in [1.82, 2.24) is 0 Å². The van der Waals surface area contributed by atoms with Crippen molar-refractivity contribution in [3.63, 3.8) is 0 Å². The molecule has 3 rings (SSSR count). The molecule has 0 bridgehead atoms. The summed E-state index contributed by atoms with van der Waals surface area (Å²) in [6.45, 7) is 8.30. The molecule has 0 spiro atoms. The summed E-state index contributed by atoms with van der Waals surface area (Å²) >= 11 is 0. The van der Waals surface area contributed by atoms with Crippen LogP contribution in [0.25, 0.3) is 0 Å². The Balaban J connectivity index is 1.97. The van der Waals surface area contributed by atoms with Crippen molar-refractivity contribution in [3.8, 4) is 0 Å². The van der Waals surface area contributed by atoms with Gasteiger partial charge in [-0.05, 0) is 44.8 Å². The lowest BCUT2D eigenvalue weighted by Crippen LogP contribution is -2.41. The Morgan fingerprint density at radius 2 is 1.78 bits per heavy atom. The smallest absolute Gasteiger partial charge is 0.399 e. The van der Waals surface area contributed by atoms with Crippen molar-refractivity contribution >= 4 is 24.5 Å². The minimum atomic E-state index is -0.292. The SMILES string of the molecule is CC1(C)OB(c2cccc3c2CC=N3)OC1(C)C. The minimum Gasteiger partial charge on any atom is -0.399 e. The highest BCUT2D eigenvalue weighted by atomic mass is 16.7. The fraction of sp³-hybridized carbons (Fsp3) is 0.500. The van der Waals surface area contributed by atoms with E-state index in [9.17, 15) is 0 Å². The maximum atomic E-state index is 6.10. The molecular formula is C14H18BNO2. The van der Waals surface area contributed by atoms with E-state index in [1.165, 1.54) is 5.56 Å². The van der Waals surface area contributed by atoms with Crippen LogP contribution in [0.2, 0.25) is 0 Å². The van der Waals surface area contributed by atoms with Crippen molar-refractivity contribution in [2.24, 2.45) is 4.99 Å². The van der Waals surface area contributed by atoms with Gasteiger partial charge in [0.2, 0.25) is 0 Å². The average molecular weight is 243 g/mol. The molecule has 2 aliphatic heterocycles. The lowest BCUT2D eigenvalue weighted by atomic mass is 9.75. The average Bonchev–Trinajstić information content (AvgIpc) is 2.81. The van der Waals surface area contributed by atoms with Gasteiger partial charge in [0.25, 0.3) is 0 Å². The molecule has 3 nitrogen and oxygen atoms in total. The summed E-state index contributed by atoms with van der Waals surface area (Å²) in [6.07, 6.45) is 2.81. The van der Waals surface area contributed by atoms with E-state index in [4.69, 9.17) is 9.31 Å². The molecule has 0 unspecified atom stereocenters. The predicted octanol–water partition coefficient (Wildman–Crippen LogP) is 2.24. The maximum Gasteiger partial charge on any atom is 0.495 e. The lowest BCUT2D eigenvalue weighted by Gasteiger charge is -2.32. The lowest BCUT2D eigenvalue weighted by molar-refractivity contribution is 0.00578. The molecule has 0 aromatic heterocycles. The molecular weight excluding hydrogens is 225 g/mol. The summed E-state index contributed by atoms with van der Waals surface area (Å²) in [4.78, 5) is 4.37. The van der Waals surface area contributed by atoms with Crippen molar-refractivity contribution in [1.29, 1.82) is 0 Å². The zero-order valence-corrected chi connectivity index (χ0v) is 11.4. The number of fused-ring (bicyclic) bond motifs is 1. The number of nitrogens with zero attached hydrogens (tertiary/aromatic N) is 1. The van der Waals surface area contributed by atoms with E-state index in [-0.39, 0.29) is 18.3 Å². The van der Waals surface area contributed by atoms with Gasteiger partial charge in [-0.2, -0.15) is 0 Å². The Morgan fingerprint density at radius 3 is 2.44 bits per heavy atom. The molecule has 0 N–H and O–H groups in total. The molecule has 1 saturated heterocycles. The first-order valence-electron chi connectivity index (χ1n) is 6.41. The largest absolute Gasteiger partial charge is 0.495 e. The van der Waals surface area contributed by atoms with Gasteiger partial charge < -0.3 is 9.31 Å². The molecule has 0 saturated carbocycles. The topological polar surface area (TPSA) is 30.8 Å². The second-order valence-corrected chi connectivity index (χ2v) is 5.95. The first-order chi connectivity index (χ1) is 8.41. The summed E-state index contributed by atoms with van der Waals surface area (Å²) in [5, 5.41) is 0. The van der Waals surface area contributed by atoms with Crippen LogP contribution in [0.1, 0.15) is 33.3 Å². The zero-order valence-electron chi connectivity index (χ0n) is 11.4. The number of rotatable bonds is 1. The molecule has 2 heterocycles. The Hall–Kier alpha value is -1.13. The summed E-state index contributed by atoms with van der Waals surface area (Å²) in [5.41, 5.74) is 2.81. The first-order valence-corrected chi connectivity index (χ1v) is 6.41. The summed E-state index contributed by atoms with van der Waals surface area (Å²) in [7, 11) is -0.286. The Morgan fingerprint density at radius 1 is 1.11 bits per heavy atom. The number of aliphatic imine (C=N–C) groups is 1. The van der Waals surface area contributed by atoms with Crippen LogP contribution in [-0.4, -0.2) is 24.5 Å². The van der Waals surface area contributed by atoms with E-state index >= 15 is 0 Å². The predicted molar refractivity (Wildman–Crippen MR) is 74.0 cm³/mol. The standard InChI is InChI=1S/C14H18BNO2/c1-13(2)14(3,4)18-15(17-13)11-6-5-7-12-10(11)8-9-16-12/h5-7,9H,8H2,1-4H3. The second-order valence-electron chi connectivity index (χ2n) is 5.95. The normalized spacial score (nSPS) is 23.4. The van der Waals surface area contributed by atoms with Gasteiger partial charge in [-0.15, -0.1) is 0 Å². The van der Waals surface area contributed by atoms with Gasteiger partial charge in [-0.25, -0.2) is 0 Å². The van der Waals surface area contributed by atoms with Gasteiger partial charge in [0.1, 0.15) is 0 Å². The van der Waals surface area contributed by atoms with Crippen LogP contribution in [0, 0.1) is 0 Å². The highest BCUT2D eigenvalue weighted by Crippen LogP contribution is 2.37. The van der Waals surface area contributed by atoms with Gasteiger partial charge >= 0.3 is 7.12 Å². The van der Waals surface area contributed by atoms with Gasteiger partial charge in [-0.3, -0.25) is 4.99 Å². The summed E-state index contributed by atoms with van der Waals surface area (Å²) < 4.78 is 12.2. The van der Waals surface area contributed by atoms with E-state index in [0.717, 1.165) is 17.6 Å². The van der Waals surface area contributed by atoms with E-state index < -0.39 is 0 Å². The Labute approximate surface area is 108 Å². The van der Waals surface area contributed by atoms with Crippen molar-refractivity contribution < 1.29 is 9.31 Å². The molecule has 0 radical (unpaired) electrons.